The number of aromatic nitrogens is 1. The first kappa shape index (κ1) is 11.3. The van der Waals surface area contributed by atoms with E-state index in [4.69, 9.17) is 0 Å². The highest BCUT2D eigenvalue weighted by Gasteiger charge is 2.14. The monoisotopic (exact) mass is 239 g/mol. The third-order valence-corrected chi connectivity index (χ3v) is 2.33. The van der Waals surface area contributed by atoms with Gasteiger partial charge in [0.05, 0.1) is 12.6 Å². The molecule has 0 atom stereocenters. The normalized spacial score (nSPS) is 10.5. The fourth-order valence-corrected chi connectivity index (χ4v) is 1.48. The first-order valence-corrected chi connectivity index (χ1v) is 4.63. The Kier molecular flexibility index (Phi) is 2.63. The van der Waals surface area contributed by atoms with Gasteiger partial charge < -0.3 is 9.72 Å². The van der Waals surface area contributed by atoms with Crippen LogP contribution in [0.4, 0.5) is 8.78 Å². The highest BCUT2D eigenvalue weighted by Crippen LogP contribution is 2.14. The zero-order valence-electron chi connectivity index (χ0n) is 8.71. The molecule has 0 fully saturated rings. The molecule has 0 bridgehead atoms. The molecule has 0 spiro atoms. The van der Waals surface area contributed by atoms with Crippen LogP contribution in [0.25, 0.3) is 10.9 Å². The second kappa shape index (κ2) is 3.97. The predicted molar refractivity (Wildman–Crippen MR) is 55.8 cm³/mol. The molecule has 1 aromatic carbocycles. The number of carbonyl (C=O) groups is 1. The minimum absolute atomic E-state index is 0.105. The molecule has 2 rings (SSSR count). The number of benzene rings is 1. The summed E-state index contributed by atoms with van der Waals surface area (Å²) in [7, 11) is 1.12. The van der Waals surface area contributed by atoms with Crippen LogP contribution >= 0.6 is 0 Å². The molecule has 0 amide bonds. The number of hydrogen-bond donors (Lipinski definition) is 1. The summed E-state index contributed by atoms with van der Waals surface area (Å²) in [4.78, 5) is 25.5. The molecule has 0 aliphatic heterocycles. The second-order valence-electron chi connectivity index (χ2n) is 3.33. The summed E-state index contributed by atoms with van der Waals surface area (Å²) in [5.74, 6) is -3.05. The van der Waals surface area contributed by atoms with Gasteiger partial charge in [-0.05, 0) is 6.07 Å². The maximum Gasteiger partial charge on any atom is 0.343 e. The lowest BCUT2D eigenvalue weighted by molar-refractivity contribution is 0.0599. The van der Waals surface area contributed by atoms with Gasteiger partial charge in [-0.25, -0.2) is 13.6 Å². The average Bonchev–Trinajstić information content (AvgIpc) is 2.31. The van der Waals surface area contributed by atoms with Crippen LogP contribution in [0.5, 0.6) is 0 Å². The van der Waals surface area contributed by atoms with E-state index in [1.807, 2.05) is 0 Å². The maximum absolute atomic E-state index is 13.0. The van der Waals surface area contributed by atoms with E-state index in [0.29, 0.717) is 0 Å². The van der Waals surface area contributed by atoms with Crippen molar-refractivity contribution < 1.29 is 18.3 Å². The zero-order valence-corrected chi connectivity index (χ0v) is 8.71. The summed E-state index contributed by atoms with van der Waals surface area (Å²) in [6.07, 6.45) is 1.11. The third-order valence-electron chi connectivity index (χ3n) is 2.33. The number of carbonyl (C=O) groups excluding carboxylic acids is 1. The van der Waals surface area contributed by atoms with Crippen LogP contribution in [0.3, 0.4) is 0 Å². The molecule has 1 heterocycles. The van der Waals surface area contributed by atoms with Gasteiger partial charge in [0.2, 0.25) is 5.43 Å². The van der Waals surface area contributed by atoms with Crippen LogP contribution in [-0.2, 0) is 4.74 Å². The van der Waals surface area contributed by atoms with E-state index < -0.39 is 23.0 Å². The van der Waals surface area contributed by atoms with Gasteiger partial charge in [-0.1, -0.05) is 0 Å². The van der Waals surface area contributed by atoms with Crippen LogP contribution in [-0.4, -0.2) is 18.1 Å². The minimum atomic E-state index is -1.15. The van der Waals surface area contributed by atoms with E-state index >= 15 is 0 Å². The van der Waals surface area contributed by atoms with Crippen molar-refractivity contribution in [3.63, 3.8) is 0 Å². The lowest BCUT2D eigenvalue weighted by atomic mass is 10.1. The number of ether oxygens (including phenoxy) is 1. The topological polar surface area (TPSA) is 59.2 Å². The molecular formula is C11H7F2NO3. The summed E-state index contributed by atoms with van der Waals surface area (Å²) in [6, 6.07) is 1.60. The molecule has 1 aromatic heterocycles. The molecule has 17 heavy (non-hydrogen) atoms. The molecular weight excluding hydrogens is 232 g/mol. The Labute approximate surface area is 93.8 Å². The number of pyridine rings is 1. The summed E-state index contributed by atoms with van der Waals surface area (Å²) in [5, 5.41) is -0.105. The van der Waals surface area contributed by atoms with Gasteiger partial charge in [0.25, 0.3) is 0 Å². The van der Waals surface area contributed by atoms with Crippen LogP contribution in [0.1, 0.15) is 10.4 Å². The van der Waals surface area contributed by atoms with Crippen molar-refractivity contribution >= 4 is 16.9 Å². The molecule has 0 aliphatic carbocycles. The standard InChI is InChI=1S/C11H7F2NO3/c1-17-11(16)6-4-14-9-3-8(13)7(12)2-5(9)10(6)15/h2-4H,1H3,(H,14,15). The zero-order chi connectivity index (χ0) is 12.6. The number of fused-ring (bicyclic) bond motifs is 1. The lowest BCUT2D eigenvalue weighted by Gasteiger charge is -2.02. The fourth-order valence-electron chi connectivity index (χ4n) is 1.48. The Bertz CT molecular complexity index is 664. The quantitative estimate of drug-likeness (QED) is 0.769. The first-order chi connectivity index (χ1) is 8.04. The number of H-pyrrole nitrogens is 1. The lowest BCUT2D eigenvalue weighted by Crippen LogP contribution is -2.17. The molecule has 0 saturated heterocycles. The highest BCUT2D eigenvalue weighted by molar-refractivity contribution is 5.93. The van der Waals surface area contributed by atoms with Crippen molar-refractivity contribution in [2.45, 2.75) is 0 Å². The van der Waals surface area contributed by atoms with Crippen LogP contribution in [0.15, 0.2) is 23.1 Å². The number of methoxy groups -OCH3 is 1. The smallest absolute Gasteiger partial charge is 0.343 e. The largest absolute Gasteiger partial charge is 0.465 e. The Morgan fingerprint density at radius 3 is 2.59 bits per heavy atom. The van der Waals surface area contributed by atoms with Gasteiger partial charge in [-0.3, -0.25) is 4.79 Å². The number of rotatable bonds is 1. The molecule has 0 aliphatic rings. The van der Waals surface area contributed by atoms with E-state index in [9.17, 15) is 18.4 Å². The van der Waals surface area contributed by atoms with Crippen molar-refractivity contribution in [3.8, 4) is 0 Å². The van der Waals surface area contributed by atoms with Gasteiger partial charge in [0.15, 0.2) is 11.6 Å². The maximum atomic E-state index is 13.0. The van der Waals surface area contributed by atoms with Gasteiger partial charge in [-0.2, -0.15) is 0 Å². The van der Waals surface area contributed by atoms with Gasteiger partial charge in [0.1, 0.15) is 5.56 Å². The van der Waals surface area contributed by atoms with Crippen molar-refractivity contribution in [2.24, 2.45) is 0 Å². The van der Waals surface area contributed by atoms with Crippen LogP contribution in [0.2, 0.25) is 0 Å². The Morgan fingerprint density at radius 1 is 1.29 bits per heavy atom. The first-order valence-electron chi connectivity index (χ1n) is 4.63. The number of nitrogens with one attached hydrogen (secondary N) is 1. The summed E-state index contributed by atoms with van der Waals surface area (Å²) < 4.78 is 30.3. The molecule has 1 N–H and O–H groups in total. The van der Waals surface area contributed by atoms with E-state index in [-0.39, 0.29) is 16.5 Å². The molecule has 88 valence electrons. The summed E-state index contributed by atoms with van der Waals surface area (Å²) in [5.41, 5.74) is -0.850. The molecule has 0 saturated carbocycles. The Hall–Kier alpha value is -2.24. The average molecular weight is 239 g/mol. The molecule has 0 radical (unpaired) electrons. The van der Waals surface area contributed by atoms with Crippen molar-refractivity contribution in [2.75, 3.05) is 7.11 Å². The van der Waals surface area contributed by atoms with Gasteiger partial charge >= 0.3 is 5.97 Å². The SMILES string of the molecule is COC(=O)c1c[nH]c2cc(F)c(F)cc2c1=O. The summed E-state index contributed by atoms with van der Waals surface area (Å²) in [6.45, 7) is 0. The van der Waals surface area contributed by atoms with Gasteiger partial charge in [-0.15, -0.1) is 0 Å². The van der Waals surface area contributed by atoms with E-state index in [1.165, 1.54) is 0 Å². The highest BCUT2D eigenvalue weighted by atomic mass is 19.2. The predicted octanol–water partition coefficient (Wildman–Crippen LogP) is 1.59. The molecule has 6 heteroatoms. The number of esters is 1. The van der Waals surface area contributed by atoms with E-state index in [1.54, 1.807) is 0 Å². The van der Waals surface area contributed by atoms with Crippen LogP contribution in [0, 0.1) is 11.6 Å². The van der Waals surface area contributed by atoms with Crippen molar-refractivity contribution in [1.82, 2.24) is 4.98 Å². The van der Waals surface area contributed by atoms with Crippen molar-refractivity contribution in [3.05, 3.63) is 45.8 Å². The third kappa shape index (κ3) is 1.77. The number of hydrogen-bond acceptors (Lipinski definition) is 3. The second-order valence-corrected chi connectivity index (χ2v) is 3.33. The van der Waals surface area contributed by atoms with E-state index in [0.717, 1.165) is 25.4 Å². The molecule has 4 nitrogen and oxygen atoms in total. The Balaban J connectivity index is 2.80. The number of aromatic amines is 1. The number of halogens is 2. The minimum Gasteiger partial charge on any atom is -0.465 e. The summed E-state index contributed by atoms with van der Waals surface area (Å²) >= 11 is 0. The molecule has 0 unspecified atom stereocenters. The van der Waals surface area contributed by atoms with E-state index in [2.05, 4.69) is 9.72 Å². The fraction of sp³-hybridized carbons (Fsp3) is 0.0909. The molecule has 2 aromatic rings. The Morgan fingerprint density at radius 2 is 1.94 bits per heavy atom. The van der Waals surface area contributed by atoms with Gasteiger partial charge in [0, 0.05) is 17.6 Å². The van der Waals surface area contributed by atoms with Crippen molar-refractivity contribution in [1.29, 1.82) is 0 Å². The van der Waals surface area contributed by atoms with Crippen LogP contribution < -0.4 is 5.43 Å².